The fraction of sp³-hybridized carbons (Fsp3) is 0.273. The van der Waals surface area contributed by atoms with Gasteiger partial charge in [-0.05, 0) is 38.0 Å². The quantitative estimate of drug-likeness (QED) is 0.538. The van der Waals surface area contributed by atoms with E-state index >= 15 is 0 Å². The van der Waals surface area contributed by atoms with E-state index in [0.29, 0.717) is 28.9 Å². The molecule has 0 fully saturated rings. The number of nitrogens with zero attached hydrogens (tertiary/aromatic N) is 1. The molecule has 0 radical (unpaired) electrons. The molecule has 31 heavy (non-hydrogen) atoms. The van der Waals surface area contributed by atoms with Gasteiger partial charge in [0.15, 0.2) is 6.61 Å². The van der Waals surface area contributed by atoms with Gasteiger partial charge < -0.3 is 19.8 Å². The monoisotopic (exact) mass is 441 g/mol. The zero-order valence-corrected chi connectivity index (χ0v) is 18.5. The van der Waals surface area contributed by atoms with Crippen molar-refractivity contribution >= 4 is 34.9 Å². The molecule has 2 heterocycles. The number of carbonyl (C=O) groups excluding carboxylic acids is 3. The summed E-state index contributed by atoms with van der Waals surface area (Å²) in [6, 6.07) is 7.27. The lowest BCUT2D eigenvalue weighted by Crippen LogP contribution is -2.21. The van der Waals surface area contributed by atoms with Crippen molar-refractivity contribution in [1.82, 2.24) is 9.97 Å². The molecule has 0 saturated carbocycles. The van der Waals surface area contributed by atoms with Crippen LogP contribution in [0.3, 0.4) is 0 Å². The molecule has 3 aromatic rings. The molecular formula is C22H23N3O5S. The average molecular weight is 442 g/mol. The highest BCUT2D eigenvalue weighted by molar-refractivity contribution is 7.09. The Balaban J connectivity index is 1.64. The third kappa shape index (κ3) is 5.00. The van der Waals surface area contributed by atoms with Crippen LogP contribution in [-0.4, -0.2) is 41.5 Å². The molecule has 0 aliphatic heterocycles. The SMILES string of the molecule is CCc1[nH]c(C(=O)OCC(=O)Nc2cccc(-c3csc(C)n3)c2)c(C)c1C(=O)OC. The van der Waals surface area contributed by atoms with Gasteiger partial charge in [0, 0.05) is 22.3 Å². The standard InChI is InChI=1S/C22H23N3O5S/c1-5-16-19(21(27)29-4)12(2)20(25-16)22(28)30-10-18(26)24-15-8-6-7-14(9-15)17-11-31-13(3)23-17/h6-9,11,25H,5,10H2,1-4H3,(H,24,26). The molecule has 2 N–H and O–H groups in total. The molecule has 0 unspecified atom stereocenters. The molecule has 162 valence electrons. The number of H-pyrrole nitrogens is 1. The first-order chi connectivity index (χ1) is 14.8. The summed E-state index contributed by atoms with van der Waals surface area (Å²) < 4.78 is 9.92. The van der Waals surface area contributed by atoms with Crippen molar-refractivity contribution in [2.45, 2.75) is 27.2 Å². The van der Waals surface area contributed by atoms with E-state index in [-0.39, 0.29) is 5.69 Å². The predicted octanol–water partition coefficient (Wildman–Crippen LogP) is 3.90. The van der Waals surface area contributed by atoms with Gasteiger partial charge in [0.05, 0.1) is 23.4 Å². The van der Waals surface area contributed by atoms with Crippen molar-refractivity contribution in [3.63, 3.8) is 0 Å². The first-order valence-electron chi connectivity index (χ1n) is 9.63. The van der Waals surface area contributed by atoms with Gasteiger partial charge >= 0.3 is 11.9 Å². The number of nitrogens with one attached hydrogen (secondary N) is 2. The van der Waals surface area contributed by atoms with E-state index in [1.807, 2.05) is 31.4 Å². The van der Waals surface area contributed by atoms with Gasteiger partial charge in [0.2, 0.25) is 0 Å². The number of thiazole rings is 1. The van der Waals surface area contributed by atoms with Crippen LogP contribution in [0.2, 0.25) is 0 Å². The van der Waals surface area contributed by atoms with Crippen LogP contribution in [0.1, 0.15) is 44.0 Å². The highest BCUT2D eigenvalue weighted by atomic mass is 32.1. The molecule has 1 aromatic carbocycles. The largest absolute Gasteiger partial charge is 0.465 e. The van der Waals surface area contributed by atoms with Gasteiger partial charge in [-0.1, -0.05) is 19.1 Å². The van der Waals surface area contributed by atoms with E-state index in [1.165, 1.54) is 7.11 Å². The van der Waals surface area contributed by atoms with E-state index in [2.05, 4.69) is 15.3 Å². The van der Waals surface area contributed by atoms with Crippen molar-refractivity contribution in [3.05, 3.63) is 57.2 Å². The number of ether oxygens (including phenoxy) is 2. The number of anilines is 1. The molecule has 0 aliphatic rings. The van der Waals surface area contributed by atoms with Crippen LogP contribution < -0.4 is 5.32 Å². The van der Waals surface area contributed by atoms with E-state index in [1.54, 1.807) is 30.4 Å². The smallest absolute Gasteiger partial charge is 0.355 e. The lowest BCUT2D eigenvalue weighted by atomic mass is 10.1. The van der Waals surface area contributed by atoms with Crippen LogP contribution in [0.5, 0.6) is 0 Å². The van der Waals surface area contributed by atoms with Gasteiger partial charge in [0.25, 0.3) is 5.91 Å². The number of rotatable bonds is 7. The maximum atomic E-state index is 12.5. The van der Waals surface area contributed by atoms with E-state index in [9.17, 15) is 14.4 Å². The number of aromatic nitrogens is 2. The second kappa shape index (κ2) is 9.57. The lowest BCUT2D eigenvalue weighted by molar-refractivity contribution is -0.119. The minimum absolute atomic E-state index is 0.131. The zero-order valence-electron chi connectivity index (χ0n) is 17.7. The van der Waals surface area contributed by atoms with Gasteiger partial charge in [-0.25, -0.2) is 14.6 Å². The summed E-state index contributed by atoms with van der Waals surface area (Å²) in [7, 11) is 1.28. The first kappa shape index (κ1) is 22.2. The second-order valence-corrected chi connectivity index (χ2v) is 7.84. The minimum Gasteiger partial charge on any atom is -0.465 e. The molecule has 9 heteroatoms. The molecule has 2 aromatic heterocycles. The Morgan fingerprint density at radius 1 is 1.19 bits per heavy atom. The number of benzene rings is 1. The predicted molar refractivity (Wildman–Crippen MR) is 117 cm³/mol. The van der Waals surface area contributed by atoms with Crippen molar-refractivity contribution in [1.29, 1.82) is 0 Å². The third-order valence-corrected chi connectivity index (χ3v) is 5.44. The maximum Gasteiger partial charge on any atom is 0.355 e. The molecule has 0 spiro atoms. The summed E-state index contributed by atoms with van der Waals surface area (Å²) in [5.41, 5.74) is 3.74. The Morgan fingerprint density at radius 3 is 2.61 bits per heavy atom. The topological polar surface area (TPSA) is 110 Å². The summed E-state index contributed by atoms with van der Waals surface area (Å²) in [6.45, 7) is 4.94. The van der Waals surface area contributed by atoms with Crippen molar-refractivity contribution in [2.24, 2.45) is 0 Å². The molecular weight excluding hydrogens is 418 g/mol. The Kier molecular flexibility index (Phi) is 6.86. The molecule has 0 aliphatic carbocycles. The Labute approximate surface area is 183 Å². The first-order valence-corrected chi connectivity index (χ1v) is 10.5. The number of aryl methyl sites for hydroxylation is 2. The van der Waals surface area contributed by atoms with Crippen LogP contribution in [0.4, 0.5) is 5.69 Å². The van der Waals surface area contributed by atoms with Crippen molar-refractivity contribution < 1.29 is 23.9 Å². The Bertz CT molecular complexity index is 1130. The Morgan fingerprint density at radius 2 is 1.97 bits per heavy atom. The summed E-state index contributed by atoms with van der Waals surface area (Å²) in [5.74, 6) is -1.73. The summed E-state index contributed by atoms with van der Waals surface area (Å²) >= 11 is 1.55. The van der Waals surface area contributed by atoms with Crippen LogP contribution in [0, 0.1) is 13.8 Å². The highest BCUT2D eigenvalue weighted by Gasteiger charge is 2.24. The van der Waals surface area contributed by atoms with Crippen molar-refractivity contribution in [2.75, 3.05) is 19.0 Å². The van der Waals surface area contributed by atoms with Crippen LogP contribution in [-0.2, 0) is 20.7 Å². The van der Waals surface area contributed by atoms with Gasteiger partial charge in [-0.3, -0.25) is 4.79 Å². The third-order valence-electron chi connectivity index (χ3n) is 4.67. The molecule has 0 bridgehead atoms. The van der Waals surface area contributed by atoms with Gasteiger partial charge in [-0.2, -0.15) is 0 Å². The van der Waals surface area contributed by atoms with Crippen molar-refractivity contribution in [3.8, 4) is 11.3 Å². The molecule has 0 atom stereocenters. The number of carbonyl (C=O) groups is 3. The fourth-order valence-corrected chi connectivity index (χ4v) is 3.78. The molecule has 1 amide bonds. The number of esters is 2. The maximum absolute atomic E-state index is 12.5. The summed E-state index contributed by atoms with van der Waals surface area (Å²) in [4.78, 5) is 44.1. The van der Waals surface area contributed by atoms with E-state index in [4.69, 9.17) is 9.47 Å². The number of amides is 1. The molecule has 3 rings (SSSR count). The second-order valence-electron chi connectivity index (χ2n) is 6.78. The average Bonchev–Trinajstić information content (AvgIpc) is 3.34. The fourth-order valence-electron chi connectivity index (χ4n) is 3.16. The number of hydrogen-bond donors (Lipinski definition) is 2. The normalized spacial score (nSPS) is 10.6. The van der Waals surface area contributed by atoms with E-state index in [0.717, 1.165) is 16.3 Å². The number of hydrogen-bond acceptors (Lipinski definition) is 7. The number of aromatic amines is 1. The summed E-state index contributed by atoms with van der Waals surface area (Å²) in [5, 5.41) is 5.61. The summed E-state index contributed by atoms with van der Waals surface area (Å²) in [6.07, 6.45) is 0.508. The van der Waals surface area contributed by atoms with Gasteiger partial charge in [0.1, 0.15) is 5.69 Å². The number of methoxy groups -OCH3 is 1. The van der Waals surface area contributed by atoms with Crippen LogP contribution >= 0.6 is 11.3 Å². The molecule has 8 nitrogen and oxygen atoms in total. The highest BCUT2D eigenvalue weighted by Crippen LogP contribution is 2.24. The Hall–Kier alpha value is -3.46. The minimum atomic E-state index is -0.718. The lowest BCUT2D eigenvalue weighted by Gasteiger charge is -2.08. The van der Waals surface area contributed by atoms with Gasteiger partial charge in [-0.15, -0.1) is 11.3 Å². The van der Waals surface area contributed by atoms with Crippen LogP contribution in [0.15, 0.2) is 29.6 Å². The molecule has 0 saturated heterocycles. The van der Waals surface area contributed by atoms with E-state index < -0.39 is 24.5 Å². The zero-order chi connectivity index (χ0) is 22.5. The van der Waals surface area contributed by atoms with Crippen LogP contribution in [0.25, 0.3) is 11.3 Å².